The number of carboxylic acid groups (broad SMARTS) is 4. The van der Waals surface area contributed by atoms with Gasteiger partial charge in [-0.15, -0.1) is 0 Å². The first-order valence-electron chi connectivity index (χ1n) is 12.6. The number of aromatic carboxylic acids is 1. The van der Waals surface area contributed by atoms with E-state index >= 15 is 0 Å². The molecule has 1 fully saturated rings. The van der Waals surface area contributed by atoms with Crippen LogP contribution in [0.2, 0.25) is 0 Å². The summed E-state index contributed by atoms with van der Waals surface area (Å²) in [5.74, 6) is -11.9. The Balaban J connectivity index is 2.64. The molecule has 2 rings (SSSR count). The van der Waals surface area contributed by atoms with Crippen LogP contribution in [0.3, 0.4) is 0 Å². The van der Waals surface area contributed by atoms with Gasteiger partial charge < -0.3 is 25.3 Å². The van der Waals surface area contributed by atoms with Crippen molar-refractivity contribution in [2.24, 2.45) is 0 Å². The smallest absolute Gasteiger partial charge is 0.404 e. The van der Waals surface area contributed by atoms with E-state index in [0.717, 1.165) is 4.90 Å². The van der Waals surface area contributed by atoms with Gasteiger partial charge in [0.1, 0.15) is 11.4 Å². The molecule has 1 aliphatic heterocycles. The van der Waals surface area contributed by atoms with Crippen molar-refractivity contribution in [2.75, 3.05) is 76.9 Å². The molecule has 1 aromatic carbocycles. The van der Waals surface area contributed by atoms with Gasteiger partial charge in [0, 0.05) is 52.4 Å². The summed E-state index contributed by atoms with van der Waals surface area (Å²) < 4.78 is 95.9. The predicted octanol–water partition coefficient (Wildman–Crippen LogP) is 1.71. The Morgan fingerprint density at radius 2 is 1.00 bits per heavy atom. The normalized spacial score (nSPS) is 17.3. The maximum atomic E-state index is 15.0. The van der Waals surface area contributed by atoms with Crippen molar-refractivity contribution in [1.82, 2.24) is 14.7 Å². The van der Waals surface area contributed by atoms with E-state index in [1.165, 1.54) is 14.7 Å². The van der Waals surface area contributed by atoms with E-state index in [2.05, 4.69) is 0 Å². The van der Waals surface area contributed by atoms with E-state index in [1.807, 2.05) is 0 Å². The van der Waals surface area contributed by atoms with Crippen LogP contribution in [0.1, 0.15) is 21.8 Å². The summed E-state index contributed by atoms with van der Waals surface area (Å²) in [5, 5.41) is 37.5. The van der Waals surface area contributed by atoms with Gasteiger partial charge >= 0.3 is 36.2 Å². The summed E-state index contributed by atoms with van der Waals surface area (Å²) in [6.07, 6.45) is -11.8. The highest BCUT2D eigenvalue weighted by Gasteiger charge is 2.57. The van der Waals surface area contributed by atoms with Crippen LogP contribution in [-0.4, -0.2) is 143 Å². The van der Waals surface area contributed by atoms with E-state index < -0.39 is 97.5 Å². The molecule has 1 aromatic rings. The van der Waals surface area contributed by atoms with E-state index in [9.17, 15) is 70.3 Å². The topological polar surface area (TPSA) is 162 Å². The molecule has 4 N–H and O–H groups in total. The number of aliphatic carboxylic acids is 3. The standard InChI is InChI=1S/C24H29F7N4O8/c25-15-9-14(21(23(26,27)28)24(29,30)31)10-16(20(15)22(42)43)35-7-5-33(12-18(38)39)3-1-32(11-17(36)37)2-4-34(6-8-35)13-19(40)41/h9-10,21H,1-8,11-13H2,(H,36,37)(H,38,39)(H,40,41)(H,42,43). The van der Waals surface area contributed by atoms with Crippen molar-refractivity contribution < 1.29 is 70.3 Å². The third kappa shape index (κ3) is 10.8. The second kappa shape index (κ2) is 14.6. The second-order valence-corrected chi connectivity index (χ2v) is 9.71. The Morgan fingerprint density at radius 1 is 0.651 bits per heavy atom. The molecule has 0 saturated carbocycles. The summed E-state index contributed by atoms with van der Waals surface area (Å²) in [7, 11) is 0. The molecule has 0 aliphatic carbocycles. The van der Waals surface area contributed by atoms with E-state index in [0.29, 0.717) is 0 Å². The number of nitrogens with zero attached hydrogens (tertiary/aromatic N) is 4. The van der Waals surface area contributed by atoms with E-state index in [1.54, 1.807) is 0 Å². The monoisotopic (exact) mass is 634 g/mol. The average Bonchev–Trinajstić information content (AvgIpc) is 2.80. The van der Waals surface area contributed by atoms with Crippen LogP contribution < -0.4 is 4.90 Å². The molecule has 242 valence electrons. The largest absolute Gasteiger partial charge is 0.480 e. The SMILES string of the molecule is O=C(O)CN1CCN(CC(=O)O)CCN(c2cc(C(C(F)(F)F)C(F)(F)F)cc(F)c2C(=O)O)CCN(CC(=O)O)CC1. The zero-order chi connectivity index (χ0) is 32.7. The zero-order valence-corrected chi connectivity index (χ0v) is 22.4. The average molecular weight is 635 g/mol. The van der Waals surface area contributed by atoms with Gasteiger partial charge in [-0.1, -0.05) is 0 Å². The minimum Gasteiger partial charge on any atom is -0.480 e. The summed E-state index contributed by atoms with van der Waals surface area (Å²) in [4.78, 5) is 51.0. The van der Waals surface area contributed by atoms with Crippen LogP contribution >= 0.6 is 0 Å². The minimum absolute atomic E-state index is 0.0240. The van der Waals surface area contributed by atoms with Gasteiger partial charge in [0.2, 0.25) is 0 Å². The van der Waals surface area contributed by atoms with Crippen LogP contribution in [0.5, 0.6) is 0 Å². The van der Waals surface area contributed by atoms with Crippen molar-refractivity contribution in [3.8, 4) is 0 Å². The first-order chi connectivity index (χ1) is 19.8. The van der Waals surface area contributed by atoms with Crippen molar-refractivity contribution in [1.29, 1.82) is 0 Å². The maximum Gasteiger partial charge on any atom is 0.404 e. The second-order valence-electron chi connectivity index (χ2n) is 9.71. The molecule has 12 nitrogen and oxygen atoms in total. The van der Waals surface area contributed by atoms with E-state index in [-0.39, 0.29) is 51.4 Å². The number of alkyl halides is 6. The minimum atomic E-state index is -5.92. The third-order valence-corrected chi connectivity index (χ3v) is 6.55. The summed E-state index contributed by atoms with van der Waals surface area (Å²) in [5.41, 5.74) is -3.70. The van der Waals surface area contributed by atoms with Crippen molar-refractivity contribution in [3.63, 3.8) is 0 Å². The Labute approximate surface area is 239 Å². The lowest BCUT2D eigenvalue weighted by Gasteiger charge is -2.35. The van der Waals surface area contributed by atoms with E-state index in [4.69, 9.17) is 0 Å². The fourth-order valence-corrected chi connectivity index (χ4v) is 4.63. The fourth-order valence-electron chi connectivity index (χ4n) is 4.63. The number of rotatable bonds is 9. The number of hydrogen-bond acceptors (Lipinski definition) is 8. The van der Waals surface area contributed by atoms with Crippen LogP contribution in [0, 0.1) is 5.82 Å². The lowest BCUT2D eigenvalue weighted by Crippen LogP contribution is -2.48. The molecule has 0 unspecified atom stereocenters. The maximum absolute atomic E-state index is 15.0. The Morgan fingerprint density at radius 3 is 1.30 bits per heavy atom. The van der Waals surface area contributed by atoms with Crippen LogP contribution in [0.4, 0.5) is 36.4 Å². The quantitative estimate of drug-likeness (QED) is 0.292. The molecule has 1 heterocycles. The van der Waals surface area contributed by atoms with Crippen molar-refractivity contribution in [3.05, 3.63) is 29.1 Å². The number of hydrogen-bond donors (Lipinski definition) is 4. The Bertz CT molecular complexity index is 1140. The lowest BCUT2D eigenvalue weighted by molar-refractivity contribution is -0.253. The number of carboxylic acids is 4. The molecule has 19 heteroatoms. The van der Waals surface area contributed by atoms with Gasteiger partial charge in [0.15, 0.2) is 5.92 Å². The summed E-state index contributed by atoms with van der Waals surface area (Å²) in [6.45, 7) is -3.35. The third-order valence-electron chi connectivity index (χ3n) is 6.55. The molecule has 0 bridgehead atoms. The van der Waals surface area contributed by atoms with Crippen molar-refractivity contribution in [2.45, 2.75) is 18.3 Å². The molecular formula is C24H29F7N4O8. The van der Waals surface area contributed by atoms with Gasteiger partial charge in [-0.05, 0) is 17.7 Å². The summed E-state index contributed by atoms with van der Waals surface area (Å²) in [6, 6.07) is 0.112. The van der Waals surface area contributed by atoms with Gasteiger partial charge in [0.05, 0.1) is 25.3 Å². The highest BCUT2D eigenvalue weighted by Crippen LogP contribution is 2.47. The summed E-state index contributed by atoms with van der Waals surface area (Å²) >= 11 is 0. The molecule has 0 atom stereocenters. The lowest BCUT2D eigenvalue weighted by atomic mass is 9.94. The molecule has 0 aromatic heterocycles. The molecule has 43 heavy (non-hydrogen) atoms. The fraction of sp³-hybridized carbons (Fsp3) is 0.583. The predicted molar refractivity (Wildman–Crippen MR) is 133 cm³/mol. The number of benzene rings is 1. The van der Waals surface area contributed by atoms with Crippen LogP contribution in [0.15, 0.2) is 12.1 Å². The molecule has 0 spiro atoms. The van der Waals surface area contributed by atoms with Gasteiger partial charge in [-0.2, -0.15) is 26.3 Å². The van der Waals surface area contributed by atoms with Crippen molar-refractivity contribution >= 4 is 29.6 Å². The Kier molecular flexibility index (Phi) is 12.1. The molecular weight excluding hydrogens is 605 g/mol. The first-order valence-corrected chi connectivity index (χ1v) is 12.6. The molecule has 0 radical (unpaired) electrons. The number of anilines is 1. The van der Waals surface area contributed by atoms with Crippen LogP contribution in [-0.2, 0) is 14.4 Å². The number of halogens is 7. The van der Waals surface area contributed by atoms with Gasteiger partial charge in [0.25, 0.3) is 0 Å². The Hall–Kier alpha value is -3.71. The number of carbonyl (C=O) groups is 4. The highest BCUT2D eigenvalue weighted by molar-refractivity contribution is 5.95. The molecule has 1 aliphatic rings. The highest BCUT2D eigenvalue weighted by atomic mass is 19.4. The zero-order valence-electron chi connectivity index (χ0n) is 22.4. The van der Waals surface area contributed by atoms with Crippen LogP contribution in [0.25, 0.3) is 0 Å². The van der Waals surface area contributed by atoms with Gasteiger partial charge in [-0.25, -0.2) is 9.18 Å². The molecule has 1 saturated heterocycles. The van der Waals surface area contributed by atoms with Gasteiger partial charge in [-0.3, -0.25) is 29.1 Å². The molecule has 0 amide bonds. The first kappa shape index (κ1) is 35.5.